The summed E-state index contributed by atoms with van der Waals surface area (Å²) in [6.45, 7) is 1.98. The third-order valence-corrected chi connectivity index (χ3v) is 4.13. The molecule has 1 aromatic heterocycles. The van der Waals surface area contributed by atoms with Crippen LogP contribution in [0.1, 0.15) is 12.5 Å². The summed E-state index contributed by atoms with van der Waals surface area (Å²) in [6.07, 6.45) is 0.548. The third-order valence-electron chi connectivity index (χ3n) is 3.60. The number of halogens is 3. The summed E-state index contributed by atoms with van der Waals surface area (Å²) in [5.74, 6) is -2.38. The van der Waals surface area contributed by atoms with Gasteiger partial charge in [0.15, 0.2) is 17.7 Å². The van der Waals surface area contributed by atoms with Gasteiger partial charge in [0.05, 0.1) is 6.54 Å². The smallest absolute Gasteiger partial charge is 0.267 e. The molecule has 0 spiro atoms. The molecular formula is C18H15BrF2N4O2. The van der Waals surface area contributed by atoms with E-state index in [9.17, 15) is 13.6 Å². The van der Waals surface area contributed by atoms with Crippen molar-refractivity contribution in [3.05, 3.63) is 70.5 Å². The summed E-state index contributed by atoms with van der Waals surface area (Å²) in [4.78, 5) is 16.2. The predicted molar refractivity (Wildman–Crippen MR) is 98.3 cm³/mol. The van der Waals surface area contributed by atoms with E-state index < -0.39 is 23.6 Å². The van der Waals surface area contributed by atoms with E-state index in [4.69, 9.17) is 4.74 Å². The Balaban J connectivity index is 1.58. The number of anilines is 1. The SMILES string of the molecule is CC(Oc1ccc(F)c(F)c1)C(=O)Nc1ncn(Cc2ccc(Br)cc2)n1. The monoisotopic (exact) mass is 436 g/mol. The molecule has 140 valence electrons. The molecule has 0 radical (unpaired) electrons. The van der Waals surface area contributed by atoms with Crippen molar-refractivity contribution in [2.24, 2.45) is 0 Å². The lowest BCUT2D eigenvalue weighted by molar-refractivity contribution is -0.122. The Morgan fingerprint density at radius 1 is 1.22 bits per heavy atom. The summed E-state index contributed by atoms with van der Waals surface area (Å²) >= 11 is 3.37. The predicted octanol–water partition coefficient (Wildman–Crippen LogP) is 3.77. The van der Waals surface area contributed by atoms with E-state index in [1.165, 1.54) is 19.3 Å². The molecule has 3 rings (SSSR count). The zero-order valence-electron chi connectivity index (χ0n) is 14.2. The van der Waals surface area contributed by atoms with E-state index in [1.807, 2.05) is 24.3 Å². The van der Waals surface area contributed by atoms with E-state index >= 15 is 0 Å². The molecule has 1 amide bonds. The average molecular weight is 437 g/mol. The minimum Gasteiger partial charge on any atom is -0.481 e. The number of aromatic nitrogens is 3. The van der Waals surface area contributed by atoms with Gasteiger partial charge in [0, 0.05) is 10.5 Å². The molecular weight excluding hydrogens is 422 g/mol. The highest BCUT2D eigenvalue weighted by Crippen LogP contribution is 2.17. The van der Waals surface area contributed by atoms with Crippen LogP contribution in [-0.4, -0.2) is 26.8 Å². The van der Waals surface area contributed by atoms with Gasteiger partial charge in [-0.1, -0.05) is 28.1 Å². The van der Waals surface area contributed by atoms with Gasteiger partial charge in [0.25, 0.3) is 5.91 Å². The molecule has 1 heterocycles. The molecule has 0 saturated carbocycles. The molecule has 6 nitrogen and oxygen atoms in total. The van der Waals surface area contributed by atoms with Crippen molar-refractivity contribution in [3.8, 4) is 5.75 Å². The minimum absolute atomic E-state index is 0.0466. The molecule has 3 aromatic rings. The van der Waals surface area contributed by atoms with Gasteiger partial charge in [-0.2, -0.15) is 0 Å². The van der Waals surface area contributed by atoms with Gasteiger partial charge >= 0.3 is 0 Å². The van der Waals surface area contributed by atoms with Gasteiger partial charge in [0.1, 0.15) is 12.1 Å². The first kappa shape index (κ1) is 19.0. The number of rotatable bonds is 6. The van der Waals surface area contributed by atoms with Crippen molar-refractivity contribution < 1.29 is 18.3 Å². The van der Waals surface area contributed by atoms with Gasteiger partial charge in [-0.3, -0.25) is 10.1 Å². The summed E-state index contributed by atoms with van der Waals surface area (Å²) in [7, 11) is 0. The van der Waals surface area contributed by atoms with Crippen LogP contribution in [0.25, 0.3) is 0 Å². The second kappa shape index (κ2) is 8.26. The number of hydrogen-bond donors (Lipinski definition) is 1. The molecule has 0 aliphatic rings. The fourth-order valence-electron chi connectivity index (χ4n) is 2.22. The normalized spacial score (nSPS) is 11.9. The van der Waals surface area contributed by atoms with Crippen molar-refractivity contribution >= 4 is 27.8 Å². The Bertz CT molecular complexity index is 947. The van der Waals surface area contributed by atoms with Gasteiger partial charge < -0.3 is 4.74 Å². The summed E-state index contributed by atoms with van der Waals surface area (Å²) < 4.78 is 34.0. The highest BCUT2D eigenvalue weighted by molar-refractivity contribution is 9.10. The van der Waals surface area contributed by atoms with Crippen LogP contribution in [0.4, 0.5) is 14.7 Å². The number of ether oxygens (including phenoxy) is 1. The highest BCUT2D eigenvalue weighted by Gasteiger charge is 2.17. The fraction of sp³-hybridized carbons (Fsp3) is 0.167. The molecule has 1 atom stereocenters. The van der Waals surface area contributed by atoms with Crippen LogP contribution >= 0.6 is 15.9 Å². The van der Waals surface area contributed by atoms with Gasteiger partial charge in [0.2, 0.25) is 5.95 Å². The topological polar surface area (TPSA) is 69.0 Å². The van der Waals surface area contributed by atoms with Crippen molar-refractivity contribution in [3.63, 3.8) is 0 Å². The van der Waals surface area contributed by atoms with Crippen LogP contribution in [-0.2, 0) is 11.3 Å². The highest BCUT2D eigenvalue weighted by atomic mass is 79.9. The largest absolute Gasteiger partial charge is 0.481 e. The molecule has 0 fully saturated rings. The third kappa shape index (κ3) is 5.10. The van der Waals surface area contributed by atoms with Gasteiger partial charge in [-0.05, 0) is 36.8 Å². The number of carbonyl (C=O) groups is 1. The van der Waals surface area contributed by atoms with Crippen LogP contribution in [0.2, 0.25) is 0 Å². The lowest BCUT2D eigenvalue weighted by Crippen LogP contribution is -2.30. The lowest BCUT2D eigenvalue weighted by Gasteiger charge is -2.13. The number of nitrogens with one attached hydrogen (secondary N) is 1. The van der Waals surface area contributed by atoms with E-state index in [-0.39, 0.29) is 11.7 Å². The Kier molecular flexibility index (Phi) is 5.80. The molecule has 0 bridgehead atoms. The van der Waals surface area contributed by atoms with Crippen molar-refractivity contribution in [2.45, 2.75) is 19.6 Å². The molecule has 0 aliphatic carbocycles. The van der Waals surface area contributed by atoms with Crippen LogP contribution < -0.4 is 10.1 Å². The average Bonchev–Trinajstić information content (AvgIpc) is 3.07. The van der Waals surface area contributed by atoms with Crippen molar-refractivity contribution in [2.75, 3.05) is 5.32 Å². The lowest BCUT2D eigenvalue weighted by atomic mass is 10.2. The van der Waals surface area contributed by atoms with E-state index in [0.717, 1.165) is 22.2 Å². The Morgan fingerprint density at radius 3 is 2.67 bits per heavy atom. The van der Waals surface area contributed by atoms with E-state index in [2.05, 4.69) is 31.3 Å². The zero-order chi connectivity index (χ0) is 19.4. The zero-order valence-corrected chi connectivity index (χ0v) is 15.8. The molecule has 0 aliphatic heterocycles. The molecule has 0 saturated heterocycles. The number of hydrogen-bond acceptors (Lipinski definition) is 4. The van der Waals surface area contributed by atoms with Crippen LogP contribution in [0.5, 0.6) is 5.75 Å². The molecule has 2 aromatic carbocycles. The summed E-state index contributed by atoms with van der Waals surface area (Å²) in [6, 6.07) is 10.8. The van der Waals surface area contributed by atoms with Gasteiger partial charge in [-0.25, -0.2) is 18.4 Å². The minimum atomic E-state index is -1.05. The van der Waals surface area contributed by atoms with E-state index in [0.29, 0.717) is 6.54 Å². The van der Waals surface area contributed by atoms with Crippen molar-refractivity contribution in [1.29, 1.82) is 0 Å². The first-order valence-electron chi connectivity index (χ1n) is 7.97. The second-order valence-corrected chi connectivity index (χ2v) is 6.63. The van der Waals surface area contributed by atoms with Gasteiger partial charge in [-0.15, -0.1) is 5.10 Å². The molecule has 1 N–H and O–H groups in total. The molecule has 27 heavy (non-hydrogen) atoms. The maximum absolute atomic E-state index is 13.2. The first-order chi connectivity index (χ1) is 12.9. The van der Waals surface area contributed by atoms with Crippen LogP contribution in [0, 0.1) is 11.6 Å². The standard InChI is InChI=1S/C18H15BrF2N4O2/c1-11(27-14-6-7-15(20)16(21)8-14)17(26)23-18-22-10-25(24-18)9-12-2-4-13(19)5-3-12/h2-8,10-11H,9H2,1H3,(H,23,24,26). The van der Waals surface area contributed by atoms with Crippen LogP contribution in [0.3, 0.4) is 0 Å². The second-order valence-electron chi connectivity index (χ2n) is 5.72. The molecule has 1 unspecified atom stereocenters. The van der Waals surface area contributed by atoms with Crippen LogP contribution in [0.15, 0.2) is 53.3 Å². The van der Waals surface area contributed by atoms with E-state index in [1.54, 1.807) is 4.68 Å². The number of nitrogens with zero attached hydrogens (tertiary/aromatic N) is 3. The number of amides is 1. The van der Waals surface area contributed by atoms with Crippen molar-refractivity contribution in [1.82, 2.24) is 14.8 Å². The maximum atomic E-state index is 13.2. The molecule has 9 heteroatoms. The maximum Gasteiger partial charge on any atom is 0.267 e. The summed E-state index contributed by atoms with van der Waals surface area (Å²) in [5, 5.41) is 6.70. The fourth-order valence-corrected chi connectivity index (χ4v) is 2.49. The number of benzene rings is 2. The first-order valence-corrected chi connectivity index (χ1v) is 8.76. The quantitative estimate of drug-likeness (QED) is 0.638. The Labute approximate surface area is 162 Å². The Hall–Kier alpha value is -2.81. The Morgan fingerprint density at radius 2 is 1.96 bits per heavy atom. The summed E-state index contributed by atoms with van der Waals surface area (Å²) in [5.41, 5.74) is 1.02. The number of carbonyl (C=O) groups excluding carboxylic acids is 1.